The van der Waals surface area contributed by atoms with Crippen LogP contribution in [0.25, 0.3) is 0 Å². The number of nitrogens with zero attached hydrogens (tertiary/aromatic N) is 2. The van der Waals surface area contributed by atoms with Crippen molar-refractivity contribution in [1.82, 2.24) is 0 Å². The van der Waals surface area contributed by atoms with Crippen molar-refractivity contribution in [1.29, 1.82) is 0 Å². The Hall–Kier alpha value is -2.33. The average molecular weight is 351 g/mol. The Morgan fingerprint density at radius 2 is 1.81 bits per heavy atom. The molecule has 0 bridgehead atoms. The van der Waals surface area contributed by atoms with Crippen molar-refractivity contribution in [2.24, 2.45) is 0 Å². The minimum absolute atomic E-state index is 0.556. The maximum absolute atomic E-state index is 11.7. The van der Waals surface area contributed by atoms with E-state index >= 15 is 0 Å². The van der Waals surface area contributed by atoms with Crippen molar-refractivity contribution >= 4 is 11.5 Å². The molecule has 1 atom stereocenters. The molecule has 4 rings (SSSR count). The van der Waals surface area contributed by atoms with Crippen LogP contribution in [0.4, 0.5) is 5.69 Å². The number of aliphatic hydroxyl groups is 1. The molecule has 4 heteroatoms. The van der Waals surface area contributed by atoms with Crippen molar-refractivity contribution in [2.75, 3.05) is 24.6 Å². The third-order valence-corrected chi connectivity index (χ3v) is 5.43. The van der Waals surface area contributed by atoms with E-state index in [-0.39, 0.29) is 0 Å². The van der Waals surface area contributed by atoms with Gasteiger partial charge in [-0.15, -0.1) is 0 Å². The van der Waals surface area contributed by atoms with Gasteiger partial charge in [0.2, 0.25) is 0 Å². The minimum atomic E-state index is -0.973. The Morgan fingerprint density at radius 3 is 2.54 bits per heavy atom. The first-order valence-electron chi connectivity index (χ1n) is 9.64. The first kappa shape index (κ1) is 17.1. The second-order valence-electron chi connectivity index (χ2n) is 7.07. The molecule has 0 unspecified atom stereocenters. The fourth-order valence-electron chi connectivity index (χ4n) is 4.15. The summed E-state index contributed by atoms with van der Waals surface area (Å²) in [4.78, 5) is 2.29. The Morgan fingerprint density at radius 1 is 1.04 bits per heavy atom. The number of hydrogen-bond acceptors (Lipinski definition) is 3. The van der Waals surface area contributed by atoms with E-state index < -0.39 is 5.72 Å². The molecule has 2 heterocycles. The predicted octanol–water partition coefficient (Wildman–Crippen LogP) is 3.74. The second-order valence-corrected chi connectivity index (χ2v) is 7.07. The summed E-state index contributed by atoms with van der Waals surface area (Å²) in [5.74, 6) is 2.12. The van der Waals surface area contributed by atoms with Crippen LogP contribution in [-0.4, -0.2) is 35.2 Å². The molecule has 26 heavy (non-hydrogen) atoms. The molecule has 2 aliphatic heterocycles. The van der Waals surface area contributed by atoms with Crippen LogP contribution in [0.3, 0.4) is 0 Å². The lowest BCUT2D eigenvalue weighted by atomic mass is 10.0. The van der Waals surface area contributed by atoms with Gasteiger partial charge < -0.3 is 9.84 Å². The smallest absolute Gasteiger partial charge is 0.271 e. The highest BCUT2D eigenvalue weighted by Crippen LogP contribution is 2.35. The summed E-state index contributed by atoms with van der Waals surface area (Å²) in [5.41, 5.74) is 1.11. The van der Waals surface area contributed by atoms with Gasteiger partial charge in [0.25, 0.3) is 11.6 Å². The average Bonchev–Trinajstić information content (AvgIpc) is 2.83. The quantitative estimate of drug-likeness (QED) is 0.853. The zero-order valence-corrected chi connectivity index (χ0v) is 15.4. The van der Waals surface area contributed by atoms with E-state index in [2.05, 4.69) is 21.6 Å². The molecule has 0 saturated carbocycles. The highest BCUT2D eigenvalue weighted by atomic mass is 16.5. The molecule has 1 N–H and O–H groups in total. The molecule has 0 spiro atoms. The standard InChI is InChI=1S/C22H27N2O2/c1-2-26-20-14-12-19(13-15-20)23-17-22(25,18-9-5-3-6-10-18)24-16-8-4-7-11-21(23)24/h3,5-6,9-10,12-15,25H,2,4,7-8,11,16-17H2,1H3/q+1/t22-/m1/s1. The van der Waals surface area contributed by atoms with Crippen molar-refractivity contribution < 1.29 is 14.4 Å². The van der Waals surface area contributed by atoms with Crippen LogP contribution in [0.15, 0.2) is 54.6 Å². The van der Waals surface area contributed by atoms with Crippen molar-refractivity contribution in [3.8, 4) is 5.75 Å². The van der Waals surface area contributed by atoms with Crippen LogP contribution in [0.5, 0.6) is 5.75 Å². The van der Waals surface area contributed by atoms with E-state index in [1.54, 1.807) is 0 Å². The van der Waals surface area contributed by atoms with E-state index in [1.165, 1.54) is 18.7 Å². The summed E-state index contributed by atoms with van der Waals surface area (Å²) < 4.78 is 7.80. The van der Waals surface area contributed by atoms with Crippen LogP contribution in [-0.2, 0) is 5.72 Å². The van der Waals surface area contributed by atoms with E-state index in [4.69, 9.17) is 4.74 Å². The number of hydrogen-bond donors (Lipinski definition) is 1. The molecule has 136 valence electrons. The topological polar surface area (TPSA) is 35.7 Å². The first-order chi connectivity index (χ1) is 12.7. The first-order valence-corrected chi connectivity index (χ1v) is 9.64. The van der Waals surface area contributed by atoms with Gasteiger partial charge >= 0.3 is 0 Å². The minimum Gasteiger partial charge on any atom is -0.494 e. The van der Waals surface area contributed by atoms with Crippen molar-refractivity contribution in [3.05, 3.63) is 60.2 Å². The van der Waals surface area contributed by atoms with Gasteiger partial charge in [-0.3, -0.25) is 0 Å². The summed E-state index contributed by atoms with van der Waals surface area (Å²) in [6, 6.07) is 18.3. The van der Waals surface area contributed by atoms with Gasteiger partial charge in [-0.25, -0.2) is 9.48 Å². The van der Waals surface area contributed by atoms with Gasteiger partial charge in [0.05, 0.1) is 13.2 Å². The van der Waals surface area contributed by atoms with Gasteiger partial charge in [-0.1, -0.05) is 30.3 Å². The summed E-state index contributed by atoms with van der Waals surface area (Å²) in [6.07, 6.45) is 4.50. The molecule has 0 amide bonds. The van der Waals surface area contributed by atoms with Crippen LogP contribution in [0.2, 0.25) is 0 Å². The van der Waals surface area contributed by atoms with Crippen LogP contribution < -0.4 is 9.64 Å². The third-order valence-electron chi connectivity index (χ3n) is 5.43. The second kappa shape index (κ2) is 7.12. The van der Waals surface area contributed by atoms with Crippen molar-refractivity contribution in [2.45, 2.75) is 38.3 Å². The molecule has 0 aliphatic carbocycles. The summed E-state index contributed by atoms with van der Waals surface area (Å²) in [7, 11) is 0. The number of ether oxygens (including phenoxy) is 1. The van der Waals surface area contributed by atoms with E-state index in [1.807, 2.05) is 49.4 Å². The molecule has 0 saturated heterocycles. The fraction of sp³-hybridized carbons (Fsp3) is 0.409. The number of rotatable bonds is 4. The molecule has 0 aromatic heterocycles. The summed E-state index contributed by atoms with van der Waals surface area (Å²) in [5, 5.41) is 11.7. The molecule has 0 radical (unpaired) electrons. The number of anilines is 1. The number of benzene rings is 2. The van der Waals surface area contributed by atoms with Crippen LogP contribution in [0, 0.1) is 0 Å². The fourth-order valence-corrected chi connectivity index (χ4v) is 4.15. The molecular formula is C22H27N2O2+. The molecular weight excluding hydrogens is 324 g/mol. The normalized spacial score (nSPS) is 22.9. The van der Waals surface area contributed by atoms with Gasteiger partial charge in [0.1, 0.15) is 11.4 Å². The zero-order chi connectivity index (χ0) is 18.0. The zero-order valence-electron chi connectivity index (χ0n) is 15.4. The molecule has 2 aromatic rings. The van der Waals surface area contributed by atoms with E-state index in [9.17, 15) is 5.11 Å². The monoisotopic (exact) mass is 351 g/mol. The Kier molecular flexibility index (Phi) is 4.68. The van der Waals surface area contributed by atoms with E-state index in [0.29, 0.717) is 13.2 Å². The lowest BCUT2D eigenvalue weighted by Crippen LogP contribution is -2.40. The number of β-amino-alcohol motifs (C(OH)–C–C–N with tert-alkyl or cyclic N) is 1. The van der Waals surface area contributed by atoms with Crippen LogP contribution >= 0.6 is 0 Å². The maximum Gasteiger partial charge on any atom is 0.271 e. The van der Waals surface area contributed by atoms with Crippen LogP contribution in [0.1, 0.15) is 38.2 Å². The molecule has 0 fully saturated rings. The number of amidine groups is 1. The van der Waals surface area contributed by atoms with E-state index in [0.717, 1.165) is 36.4 Å². The van der Waals surface area contributed by atoms with Gasteiger partial charge in [-0.05, 0) is 50.5 Å². The lowest BCUT2D eigenvalue weighted by Gasteiger charge is -2.23. The largest absolute Gasteiger partial charge is 0.494 e. The third kappa shape index (κ3) is 2.99. The predicted molar refractivity (Wildman–Crippen MR) is 104 cm³/mol. The van der Waals surface area contributed by atoms with Crippen molar-refractivity contribution in [3.63, 3.8) is 0 Å². The Balaban J connectivity index is 1.73. The maximum atomic E-state index is 11.7. The summed E-state index contributed by atoms with van der Waals surface area (Å²) >= 11 is 0. The molecule has 2 aromatic carbocycles. The van der Waals surface area contributed by atoms with Gasteiger partial charge in [0, 0.05) is 12.0 Å². The SMILES string of the molecule is CCOc1ccc(N2C[C@@](O)(c3ccccc3)[N+]3=C2CCCCC3)cc1. The van der Waals surface area contributed by atoms with Gasteiger partial charge in [0.15, 0.2) is 6.54 Å². The highest BCUT2D eigenvalue weighted by Gasteiger charge is 2.51. The summed E-state index contributed by atoms with van der Waals surface area (Å²) in [6.45, 7) is 4.12. The highest BCUT2D eigenvalue weighted by molar-refractivity contribution is 5.96. The molecule has 2 aliphatic rings. The Labute approximate surface area is 155 Å². The lowest BCUT2D eigenvalue weighted by molar-refractivity contribution is -0.658. The van der Waals surface area contributed by atoms with Gasteiger partial charge in [-0.2, -0.15) is 0 Å². The Bertz CT molecular complexity index is 786. The molecule has 4 nitrogen and oxygen atoms in total.